The Morgan fingerprint density at radius 3 is 2.47 bits per heavy atom. The SMILES string of the molecule is NCC(c1ccccc1)N1CCSCC1. The number of rotatable bonds is 3. The summed E-state index contributed by atoms with van der Waals surface area (Å²) in [5.74, 6) is 2.48. The van der Waals surface area contributed by atoms with E-state index in [1.54, 1.807) is 0 Å². The molecular formula is C12H18N2S. The van der Waals surface area contributed by atoms with Gasteiger partial charge >= 0.3 is 0 Å². The molecule has 1 fully saturated rings. The van der Waals surface area contributed by atoms with Crippen molar-refractivity contribution in [3.8, 4) is 0 Å². The maximum absolute atomic E-state index is 5.89. The van der Waals surface area contributed by atoms with E-state index in [1.165, 1.54) is 30.2 Å². The second-order valence-electron chi connectivity index (χ2n) is 3.81. The van der Waals surface area contributed by atoms with Gasteiger partial charge in [-0.3, -0.25) is 4.90 Å². The molecular weight excluding hydrogens is 204 g/mol. The van der Waals surface area contributed by atoms with E-state index in [4.69, 9.17) is 5.73 Å². The molecule has 1 aliphatic heterocycles. The Balaban J connectivity index is 2.09. The lowest BCUT2D eigenvalue weighted by atomic mass is 10.1. The van der Waals surface area contributed by atoms with Gasteiger partial charge < -0.3 is 5.73 Å². The molecule has 1 aromatic rings. The van der Waals surface area contributed by atoms with Crippen molar-refractivity contribution >= 4 is 11.8 Å². The van der Waals surface area contributed by atoms with E-state index in [-0.39, 0.29) is 0 Å². The highest BCUT2D eigenvalue weighted by Crippen LogP contribution is 2.22. The zero-order valence-electron chi connectivity index (χ0n) is 8.93. The highest BCUT2D eigenvalue weighted by molar-refractivity contribution is 7.99. The minimum absolute atomic E-state index is 0.409. The van der Waals surface area contributed by atoms with E-state index in [2.05, 4.69) is 35.2 Å². The molecule has 0 aliphatic carbocycles. The topological polar surface area (TPSA) is 29.3 Å². The van der Waals surface area contributed by atoms with Gasteiger partial charge in [-0.05, 0) is 5.56 Å². The maximum atomic E-state index is 5.89. The molecule has 2 nitrogen and oxygen atoms in total. The van der Waals surface area contributed by atoms with Crippen molar-refractivity contribution < 1.29 is 0 Å². The number of hydrogen-bond acceptors (Lipinski definition) is 3. The largest absolute Gasteiger partial charge is 0.329 e. The first kappa shape index (κ1) is 11.0. The molecule has 82 valence electrons. The molecule has 2 N–H and O–H groups in total. The predicted molar refractivity (Wildman–Crippen MR) is 67.1 cm³/mol. The molecule has 1 unspecified atom stereocenters. The van der Waals surface area contributed by atoms with Crippen molar-refractivity contribution in [2.24, 2.45) is 5.73 Å². The molecule has 0 spiro atoms. The van der Waals surface area contributed by atoms with Crippen LogP contribution in [0.4, 0.5) is 0 Å². The van der Waals surface area contributed by atoms with Gasteiger partial charge in [0.05, 0.1) is 0 Å². The molecule has 1 atom stereocenters. The zero-order chi connectivity index (χ0) is 10.5. The first-order valence-corrected chi connectivity index (χ1v) is 6.64. The molecule has 0 radical (unpaired) electrons. The molecule has 2 rings (SSSR count). The lowest BCUT2D eigenvalue weighted by Crippen LogP contribution is -2.39. The van der Waals surface area contributed by atoms with Crippen LogP contribution in [0.2, 0.25) is 0 Å². The molecule has 1 saturated heterocycles. The second-order valence-corrected chi connectivity index (χ2v) is 5.04. The Kier molecular flexibility index (Phi) is 4.06. The summed E-state index contributed by atoms with van der Waals surface area (Å²) in [4.78, 5) is 2.51. The van der Waals surface area contributed by atoms with E-state index < -0.39 is 0 Å². The van der Waals surface area contributed by atoms with Gasteiger partial charge in [-0.2, -0.15) is 11.8 Å². The smallest absolute Gasteiger partial charge is 0.0471 e. The lowest BCUT2D eigenvalue weighted by molar-refractivity contribution is 0.223. The number of hydrogen-bond donors (Lipinski definition) is 1. The van der Waals surface area contributed by atoms with E-state index in [0.29, 0.717) is 12.6 Å². The minimum Gasteiger partial charge on any atom is -0.329 e. The fourth-order valence-corrected chi connectivity index (χ4v) is 2.99. The average molecular weight is 222 g/mol. The Morgan fingerprint density at radius 1 is 1.20 bits per heavy atom. The summed E-state index contributed by atoms with van der Waals surface area (Å²) in [5, 5.41) is 0. The summed E-state index contributed by atoms with van der Waals surface area (Å²) in [7, 11) is 0. The van der Waals surface area contributed by atoms with Gasteiger partial charge in [-0.1, -0.05) is 30.3 Å². The van der Waals surface area contributed by atoms with E-state index in [9.17, 15) is 0 Å². The van der Waals surface area contributed by atoms with Gasteiger partial charge in [0.2, 0.25) is 0 Å². The first-order chi connectivity index (χ1) is 7.42. The summed E-state index contributed by atoms with van der Waals surface area (Å²) in [6.45, 7) is 3.05. The van der Waals surface area contributed by atoms with E-state index in [1.807, 2.05) is 11.8 Å². The number of nitrogens with two attached hydrogens (primary N) is 1. The third-order valence-corrected chi connectivity index (χ3v) is 3.84. The van der Waals surface area contributed by atoms with Gasteiger partial charge in [0, 0.05) is 37.2 Å². The van der Waals surface area contributed by atoms with E-state index in [0.717, 1.165) is 0 Å². The molecule has 0 saturated carbocycles. The Morgan fingerprint density at radius 2 is 1.87 bits per heavy atom. The van der Waals surface area contributed by atoms with Crippen LogP contribution in [0.3, 0.4) is 0 Å². The standard InChI is InChI=1S/C12H18N2S/c13-10-12(11-4-2-1-3-5-11)14-6-8-15-9-7-14/h1-5,12H,6-10,13H2. The molecule has 1 aliphatic rings. The summed E-state index contributed by atoms with van der Waals surface area (Å²) < 4.78 is 0. The number of benzene rings is 1. The maximum Gasteiger partial charge on any atom is 0.0471 e. The monoisotopic (exact) mass is 222 g/mol. The predicted octanol–water partition coefficient (Wildman–Crippen LogP) is 1.74. The summed E-state index contributed by atoms with van der Waals surface area (Å²) >= 11 is 2.04. The first-order valence-electron chi connectivity index (χ1n) is 5.48. The molecule has 1 aromatic carbocycles. The molecule has 0 bridgehead atoms. The molecule has 3 heteroatoms. The fraction of sp³-hybridized carbons (Fsp3) is 0.500. The number of thioether (sulfide) groups is 1. The average Bonchev–Trinajstić information content (AvgIpc) is 2.33. The van der Waals surface area contributed by atoms with Crippen LogP contribution in [0.15, 0.2) is 30.3 Å². The van der Waals surface area contributed by atoms with Crippen molar-refractivity contribution in [2.45, 2.75) is 6.04 Å². The lowest BCUT2D eigenvalue weighted by Gasteiger charge is -2.33. The van der Waals surface area contributed by atoms with Crippen LogP contribution in [-0.2, 0) is 0 Å². The fourth-order valence-electron chi connectivity index (χ4n) is 2.06. The van der Waals surface area contributed by atoms with Gasteiger partial charge in [0.25, 0.3) is 0 Å². The van der Waals surface area contributed by atoms with Crippen molar-refractivity contribution in [3.63, 3.8) is 0 Å². The van der Waals surface area contributed by atoms with Gasteiger partial charge in [0.15, 0.2) is 0 Å². The van der Waals surface area contributed by atoms with Crippen molar-refractivity contribution in [2.75, 3.05) is 31.1 Å². The Hall–Kier alpha value is -0.510. The van der Waals surface area contributed by atoms with Gasteiger partial charge in [0.1, 0.15) is 0 Å². The second kappa shape index (κ2) is 5.54. The quantitative estimate of drug-likeness (QED) is 0.844. The summed E-state index contributed by atoms with van der Waals surface area (Å²) in [6.07, 6.45) is 0. The molecule has 0 amide bonds. The highest BCUT2D eigenvalue weighted by Gasteiger charge is 2.20. The van der Waals surface area contributed by atoms with Crippen LogP contribution in [0.1, 0.15) is 11.6 Å². The third kappa shape index (κ3) is 2.74. The van der Waals surface area contributed by atoms with Gasteiger partial charge in [-0.15, -0.1) is 0 Å². The Labute approximate surface area is 95.8 Å². The normalized spacial score (nSPS) is 20.1. The van der Waals surface area contributed by atoms with E-state index >= 15 is 0 Å². The van der Waals surface area contributed by atoms with Crippen LogP contribution in [0, 0.1) is 0 Å². The number of nitrogens with zero attached hydrogens (tertiary/aromatic N) is 1. The Bertz CT molecular complexity index is 283. The van der Waals surface area contributed by atoms with Crippen molar-refractivity contribution in [1.82, 2.24) is 4.90 Å². The van der Waals surface area contributed by atoms with Crippen LogP contribution in [-0.4, -0.2) is 36.0 Å². The molecule has 0 aromatic heterocycles. The van der Waals surface area contributed by atoms with Crippen molar-refractivity contribution in [3.05, 3.63) is 35.9 Å². The van der Waals surface area contributed by atoms with Crippen LogP contribution >= 0.6 is 11.8 Å². The van der Waals surface area contributed by atoms with Gasteiger partial charge in [-0.25, -0.2) is 0 Å². The van der Waals surface area contributed by atoms with Crippen molar-refractivity contribution in [1.29, 1.82) is 0 Å². The highest BCUT2D eigenvalue weighted by atomic mass is 32.2. The minimum atomic E-state index is 0.409. The van der Waals surface area contributed by atoms with Crippen LogP contribution in [0.5, 0.6) is 0 Å². The zero-order valence-corrected chi connectivity index (χ0v) is 9.75. The third-order valence-electron chi connectivity index (χ3n) is 2.89. The summed E-state index contributed by atoms with van der Waals surface area (Å²) in [5.41, 5.74) is 7.24. The summed E-state index contributed by atoms with van der Waals surface area (Å²) in [6, 6.07) is 11.0. The molecule has 15 heavy (non-hydrogen) atoms. The van der Waals surface area contributed by atoms with Crippen LogP contribution < -0.4 is 5.73 Å². The van der Waals surface area contributed by atoms with Crippen LogP contribution in [0.25, 0.3) is 0 Å². The molecule has 1 heterocycles.